The van der Waals surface area contributed by atoms with Crippen LogP contribution in [0, 0.1) is 6.92 Å². The average molecular weight is 385 g/mol. The highest BCUT2D eigenvalue weighted by Crippen LogP contribution is 2.20. The van der Waals surface area contributed by atoms with Crippen LogP contribution in [0.1, 0.15) is 16.7 Å². The zero-order chi connectivity index (χ0) is 19.6. The Hall–Kier alpha value is -3.06. The van der Waals surface area contributed by atoms with E-state index in [1.54, 1.807) is 20.3 Å². The Bertz CT molecular complexity index is 820. The molecule has 0 heterocycles. The Balaban J connectivity index is 1.79. The maximum absolute atomic E-state index is 11.9. The molecule has 0 atom stereocenters. The third kappa shape index (κ3) is 6.63. The number of carbonyl (C=O) groups excluding carboxylic acids is 1. The third-order valence-electron chi connectivity index (χ3n) is 3.71. The zero-order valence-electron chi connectivity index (χ0n) is 15.5. The number of methoxy groups -OCH3 is 2. The third-order valence-corrected chi connectivity index (χ3v) is 3.96. The van der Waals surface area contributed by atoms with Crippen LogP contribution >= 0.6 is 12.2 Å². The van der Waals surface area contributed by atoms with Crippen molar-refractivity contribution in [2.75, 3.05) is 14.2 Å². The van der Waals surface area contributed by atoms with E-state index in [0.717, 1.165) is 22.4 Å². The van der Waals surface area contributed by atoms with E-state index in [2.05, 4.69) is 16.2 Å². The summed E-state index contributed by atoms with van der Waals surface area (Å²) >= 11 is 5.15. The molecular weight excluding hydrogens is 362 g/mol. The highest BCUT2D eigenvalue weighted by molar-refractivity contribution is 7.80. The molecule has 0 saturated heterocycles. The van der Waals surface area contributed by atoms with Crippen LogP contribution in [0.5, 0.6) is 11.5 Å². The van der Waals surface area contributed by atoms with Crippen LogP contribution in [-0.4, -0.2) is 25.2 Å². The van der Waals surface area contributed by atoms with Crippen LogP contribution in [0.15, 0.2) is 48.5 Å². The van der Waals surface area contributed by atoms with Gasteiger partial charge in [-0.15, -0.1) is 0 Å². The van der Waals surface area contributed by atoms with Crippen LogP contribution in [0.25, 0.3) is 6.08 Å². The molecule has 2 aromatic rings. The number of carbonyl (C=O) groups is 1. The largest absolute Gasteiger partial charge is 0.497 e. The van der Waals surface area contributed by atoms with Gasteiger partial charge in [-0.3, -0.25) is 15.6 Å². The number of nitrogens with one attached hydrogen (secondary N) is 3. The van der Waals surface area contributed by atoms with Crippen molar-refractivity contribution in [3.8, 4) is 11.5 Å². The molecule has 0 aliphatic heterocycles. The molecule has 0 bridgehead atoms. The van der Waals surface area contributed by atoms with Crippen molar-refractivity contribution < 1.29 is 14.3 Å². The lowest BCUT2D eigenvalue weighted by atomic mass is 10.1. The van der Waals surface area contributed by atoms with Crippen molar-refractivity contribution in [2.24, 2.45) is 0 Å². The van der Waals surface area contributed by atoms with E-state index in [4.69, 9.17) is 21.7 Å². The van der Waals surface area contributed by atoms with Gasteiger partial charge in [0, 0.05) is 18.2 Å². The van der Waals surface area contributed by atoms with Gasteiger partial charge in [-0.05, 0) is 55.0 Å². The Morgan fingerprint density at radius 1 is 1.07 bits per heavy atom. The van der Waals surface area contributed by atoms with E-state index in [-0.39, 0.29) is 5.91 Å². The summed E-state index contributed by atoms with van der Waals surface area (Å²) in [6, 6.07) is 13.4. The summed E-state index contributed by atoms with van der Waals surface area (Å²) in [7, 11) is 3.22. The van der Waals surface area contributed by atoms with E-state index >= 15 is 0 Å². The number of amides is 1. The van der Waals surface area contributed by atoms with Crippen LogP contribution < -0.4 is 25.6 Å². The summed E-state index contributed by atoms with van der Waals surface area (Å²) in [5.41, 5.74) is 8.13. The van der Waals surface area contributed by atoms with E-state index < -0.39 is 0 Å². The first-order chi connectivity index (χ1) is 13.0. The lowest BCUT2D eigenvalue weighted by Crippen LogP contribution is -2.45. The summed E-state index contributed by atoms with van der Waals surface area (Å²) in [6.45, 7) is 2.51. The highest BCUT2D eigenvalue weighted by Gasteiger charge is 2.02. The molecule has 1 amide bonds. The molecule has 0 aliphatic carbocycles. The van der Waals surface area contributed by atoms with Crippen LogP contribution in [0.4, 0.5) is 0 Å². The number of aryl methyl sites for hydroxylation is 1. The molecule has 27 heavy (non-hydrogen) atoms. The Morgan fingerprint density at radius 3 is 2.48 bits per heavy atom. The van der Waals surface area contributed by atoms with Gasteiger partial charge in [0.25, 0.3) is 5.91 Å². The SMILES string of the molecule is COc1ccc(CNC(=S)NNC(=O)/C=C/c2cc(C)ccc2OC)cc1. The molecule has 0 aromatic heterocycles. The smallest absolute Gasteiger partial charge is 0.262 e. The predicted octanol–water partition coefficient (Wildman–Crippen LogP) is 2.72. The van der Waals surface area contributed by atoms with Gasteiger partial charge in [-0.2, -0.15) is 0 Å². The molecule has 0 aliphatic rings. The molecule has 2 aromatic carbocycles. The standard InChI is InChI=1S/C20H23N3O3S/c1-14-4-10-18(26-3)16(12-14)7-11-19(24)22-23-20(27)21-13-15-5-8-17(25-2)9-6-15/h4-12H,13H2,1-3H3,(H,22,24)(H2,21,23,27)/b11-7+. The van der Waals surface area contributed by atoms with Crippen LogP contribution in [0.2, 0.25) is 0 Å². The molecule has 0 saturated carbocycles. The van der Waals surface area contributed by atoms with Gasteiger partial charge in [0.05, 0.1) is 14.2 Å². The van der Waals surface area contributed by atoms with Crippen LogP contribution in [-0.2, 0) is 11.3 Å². The Labute approximate surface area is 164 Å². The fourth-order valence-electron chi connectivity index (χ4n) is 2.28. The number of hydrogen-bond acceptors (Lipinski definition) is 4. The first kappa shape index (κ1) is 20.3. The van der Waals surface area contributed by atoms with Crippen molar-refractivity contribution in [1.29, 1.82) is 0 Å². The molecule has 0 unspecified atom stereocenters. The molecule has 0 spiro atoms. The van der Waals surface area contributed by atoms with Crippen molar-refractivity contribution in [1.82, 2.24) is 16.2 Å². The second kappa shape index (κ2) is 10.2. The summed E-state index contributed by atoms with van der Waals surface area (Å²) in [5, 5.41) is 3.33. The quantitative estimate of drug-likeness (QED) is 0.404. The monoisotopic (exact) mass is 385 g/mol. The summed E-state index contributed by atoms with van der Waals surface area (Å²) < 4.78 is 10.4. The summed E-state index contributed by atoms with van der Waals surface area (Å²) in [5.74, 6) is 1.17. The van der Waals surface area contributed by atoms with Crippen molar-refractivity contribution in [2.45, 2.75) is 13.5 Å². The minimum Gasteiger partial charge on any atom is -0.497 e. The average Bonchev–Trinajstić information content (AvgIpc) is 2.69. The number of ether oxygens (including phenoxy) is 2. The fraction of sp³-hybridized carbons (Fsp3) is 0.200. The number of hydrazine groups is 1. The molecule has 3 N–H and O–H groups in total. The van der Waals surface area contributed by atoms with Gasteiger partial charge in [-0.1, -0.05) is 23.8 Å². The molecule has 0 fully saturated rings. The van der Waals surface area contributed by atoms with Crippen molar-refractivity contribution in [3.05, 3.63) is 65.2 Å². The maximum atomic E-state index is 11.9. The predicted molar refractivity (Wildman–Crippen MR) is 110 cm³/mol. The first-order valence-electron chi connectivity index (χ1n) is 8.31. The minimum absolute atomic E-state index is 0.320. The molecular formula is C20H23N3O3S. The fourth-order valence-corrected chi connectivity index (χ4v) is 2.40. The number of rotatable bonds is 6. The van der Waals surface area contributed by atoms with Gasteiger partial charge in [0.15, 0.2) is 5.11 Å². The van der Waals surface area contributed by atoms with Gasteiger partial charge < -0.3 is 14.8 Å². The van der Waals surface area contributed by atoms with Crippen molar-refractivity contribution >= 4 is 29.3 Å². The zero-order valence-corrected chi connectivity index (χ0v) is 16.4. The second-order valence-electron chi connectivity index (χ2n) is 5.72. The number of hydrogen-bond donors (Lipinski definition) is 3. The number of benzene rings is 2. The lowest BCUT2D eigenvalue weighted by molar-refractivity contribution is -0.116. The Kier molecular flexibility index (Phi) is 7.63. The van der Waals surface area contributed by atoms with Gasteiger partial charge in [-0.25, -0.2) is 0 Å². The van der Waals surface area contributed by atoms with Gasteiger partial charge in [0.1, 0.15) is 11.5 Å². The lowest BCUT2D eigenvalue weighted by Gasteiger charge is -2.11. The van der Waals surface area contributed by atoms with Crippen molar-refractivity contribution in [3.63, 3.8) is 0 Å². The molecule has 2 rings (SSSR count). The Morgan fingerprint density at radius 2 is 1.81 bits per heavy atom. The van der Waals surface area contributed by atoms with E-state index in [1.165, 1.54) is 6.08 Å². The topological polar surface area (TPSA) is 71.6 Å². The van der Waals surface area contributed by atoms with Gasteiger partial charge >= 0.3 is 0 Å². The summed E-state index contributed by atoms with van der Waals surface area (Å²) in [6.07, 6.45) is 3.10. The van der Waals surface area contributed by atoms with E-state index in [1.807, 2.05) is 49.4 Å². The van der Waals surface area contributed by atoms with E-state index in [9.17, 15) is 4.79 Å². The minimum atomic E-state index is -0.327. The van der Waals surface area contributed by atoms with Crippen LogP contribution in [0.3, 0.4) is 0 Å². The molecule has 142 valence electrons. The molecule has 0 radical (unpaired) electrons. The normalized spacial score (nSPS) is 10.3. The molecule has 6 nitrogen and oxygen atoms in total. The summed E-state index contributed by atoms with van der Waals surface area (Å²) in [4.78, 5) is 11.9. The maximum Gasteiger partial charge on any atom is 0.262 e. The first-order valence-corrected chi connectivity index (χ1v) is 8.72. The van der Waals surface area contributed by atoms with E-state index in [0.29, 0.717) is 17.4 Å². The van der Waals surface area contributed by atoms with Gasteiger partial charge in [0.2, 0.25) is 0 Å². The second-order valence-corrected chi connectivity index (χ2v) is 6.13. The number of thiocarbonyl (C=S) groups is 1. The molecule has 7 heteroatoms. The highest BCUT2D eigenvalue weighted by atomic mass is 32.1.